The van der Waals surface area contributed by atoms with Crippen molar-refractivity contribution in [3.8, 4) is 11.8 Å². The average molecular weight is 257 g/mol. The third kappa shape index (κ3) is 2.93. The lowest BCUT2D eigenvalue weighted by Crippen LogP contribution is -2.02. The predicted octanol–water partition coefficient (Wildman–Crippen LogP) is 2.60. The van der Waals surface area contributed by atoms with Crippen molar-refractivity contribution in [1.82, 2.24) is 0 Å². The summed E-state index contributed by atoms with van der Waals surface area (Å²) in [5.41, 5.74) is 7.49. The van der Waals surface area contributed by atoms with Crippen molar-refractivity contribution < 1.29 is 9.50 Å². The first-order chi connectivity index (χ1) is 9.10. The number of anilines is 2. The second-order valence-corrected chi connectivity index (χ2v) is 4.04. The number of nitrogens with one attached hydrogen (secondary N) is 1. The second-order valence-electron chi connectivity index (χ2n) is 4.04. The molecule has 5 heteroatoms. The van der Waals surface area contributed by atoms with Crippen LogP contribution in [0.15, 0.2) is 36.4 Å². The van der Waals surface area contributed by atoms with Crippen molar-refractivity contribution in [3.05, 3.63) is 53.3 Å². The molecule has 96 valence electrons. The van der Waals surface area contributed by atoms with Crippen LogP contribution in [-0.4, -0.2) is 5.11 Å². The summed E-state index contributed by atoms with van der Waals surface area (Å²) in [6, 6.07) is 10.5. The molecule has 2 aromatic carbocycles. The van der Waals surface area contributed by atoms with Crippen molar-refractivity contribution in [1.29, 1.82) is 5.26 Å². The molecule has 19 heavy (non-hydrogen) atoms. The zero-order chi connectivity index (χ0) is 13.8. The second kappa shape index (κ2) is 5.27. The van der Waals surface area contributed by atoms with E-state index in [9.17, 15) is 9.50 Å². The largest absolute Gasteiger partial charge is 0.508 e. The van der Waals surface area contributed by atoms with E-state index in [1.807, 2.05) is 6.07 Å². The highest BCUT2D eigenvalue weighted by Crippen LogP contribution is 2.22. The number of nitrogens with two attached hydrogens (primary N) is 1. The first-order valence-corrected chi connectivity index (χ1v) is 5.61. The van der Waals surface area contributed by atoms with Gasteiger partial charge in [-0.25, -0.2) is 4.39 Å². The minimum Gasteiger partial charge on any atom is -0.508 e. The minimum atomic E-state index is -0.464. The van der Waals surface area contributed by atoms with E-state index in [4.69, 9.17) is 11.0 Å². The van der Waals surface area contributed by atoms with Crippen LogP contribution in [0.3, 0.4) is 0 Å². The lowest BCUT2D eigenvalue weighted by atomic mass is 10.1. The topological polar surface area (TPSA) is 82.1 Å². The van der Waals surface area contributed by atoms with E-state index in [0.717, 1.165) is 6.07 Å². The van der Waals surface area contributed by atoms with E-state index in [-0.39, 0.29) is 17.9 Å². The molecule has 0 saturated heterocycles. The lowest BCUT2D eigenvalue weighted by molar-refractivity contribution is 0.469. The van der Waals surface area contributed by atoms with Gasteiger partial charge in [0.05, 0.1) is 11.3 Å². The van der Waals surface area contributed by atoms with Crippen LogP contribution in [0.1, 0.15) is 11.1 Å². The quantitative estimate of drug-likeness (QED) is 0.583. The normalized spacial score (nSPS) is 9.89. The van der Waals surface area contributed by atoms with Gasteiger partial charge in [-0.2, -0.15) is 5.26 Å². The van der Waals surface area contributed by atoms with Gasteiger partial charge in [0.1, 0.15) is 17.6 Å². The molecule has 0 aliphatic heterocycles. The lowest BCUT2D eigenvalue weighted by Gasteiger charge is -2.10. The summed E-state index contributed by atoms with van der Waals surface area (Å²) in [6.07, 6.45) is 0. The molecule has 0 aromatic heterocycles. The van der Waals surface area contributed by atoms with Crippen LogP contribution in [0.4, 0.5) is 15.8 Å². The number of nitrogens with zero attached hydrogens (tertiary/aromatic N) is 1. The van der Waals surface area contributed by atoms with Crippen LogP contribution in [0.5, 0.6) is 5.75 Å². The van der Waals surface area contributed by atoms with E-state index in [2.05, 4.69) is 5.32 Å². The molecular formula is C14H12FN3O. The summed E-state index contributed by atoms with van der Waals surface area (Å²) in [5.74, 6) is -0.351. The number of halogens is 1. The molecule has 4 nitrogen and oxygen atoms in total. The highest BCUT2D eigenvalue weighted by atomic mass is 19.1. The maximum absolute atomic E-state index is 13.0. The monoisotopic (exact) mass is 257 g/mol. The number of aromatic hydroxyl groups is 1. The maximum Gasteiger partial charge on any atom is 0.124 e. The predicted molar refractivity (Wildman–Crippen MR) is 71.0 cm³/mol. The van der Waals surface area contributed by atoms with Crippen molar-refractivity contribution in [2.45, 2.75) is 6.54 Å². The number of nitriles is 1. The van der Waals surface area contributed by atoms with E-state index in [1.54, 1.807) is 12.1 Å². The van der Waals surface area contributed by atoms with Crippen LogP contribution in [-0.2, 0) is 6.54 Å². The molecule has 0 aliphatic carbocycles. The Morgan fingerprint density at radius 3 is 2.79 bits per heavy atom. The van der Waals surface area contributed by atoms with Crippen molar-refractivity contribution in [2.75, 3.05) is 11.1 Å². The molecule has 0 atom stereocenters. The Balaban J connectivity index is 2.19. The molecule has 0 fully saturated rings. The standard InChI is InChI=1S/C14H12FN3O/c15-11-1-3-13(9(5-11)7-16)18-8-10-6-12(17)2-4-14(10)19/h1-6,18-19H,8,17H2. The maximum atomic E-state index is 13.0. The average Bonchev–Trinajstić information content (AvgIpc) is 2.40. The van der Waals surface area contributed by atoms with Gasteiger partial charge >= 0.3 is 0 Å². The van der Waals surface area contributed by atoms with E-state index in [0.29, 0.717) is 16.9 Å². The number of nitrogen functional groups attached to an aromatic ring is 1. The van der Waals surface area contributed by atoms with E-state index < -0.39 is 5.82 Å². The summed E-state index contributed by atoms with van der Waals surface area (Å²) in [4.78, 5) is 0. The van der Waals surface area contributed by atoms with Crippen LogP contribution in [0.2, 0.25) is 0 Å². The fourth-order valence-corrected chi connectivity index (χ4v) is 1.70. The van der Waals surface area contributed by atoms with Crippen LogP contribution < -0.4 is 11.1 Å². The molecule has 0 heterocycles. The van der Waals surface area contributed by atoms with Gasteiger partial charge in [-0.15, -0.1) is 0 Å². The SMILES string of the molecule is N#Cc1cc(F)ccc1NCc1cc(N)ccc1O. The van der Waals surface area contributed by atoms with Crippen LogP contribution in [0.25, 0.3) is 0 Å². The molecule has 2 aromatic rings. The molecule has 2 rings (SSSR count). The number of hydrogen-bond acceptors (Lipinski definition) is 4. The molecule has 0 spiro atoms. The molecule has 0 bridgehead atoms. The Kier molecular flexibility index (Phi) is 3.53. The smallest absolute Gasteiger partial charge is 0.124 e. The highest BCUT2D eigenvalue weighted by molar-refractivity contribution is 5.58. The van der Waals surface area contributed by atoms with Crippen LogP contribution in [0, 0.1) is 17.1 Å². The highest BCUT2D eigenvalue weighted by Gasteiger charge is 2.05. The Morgan fingerprint density at radius 1 is 1.26 bits per heavy atom. The molecule has 0 saturated carbocycles. The minimum absolute atomic E-state index is 0.113. The zero-order valence-electron chi connectivity index (χ0n) is 10.0. The first kappa shape index (κ1) is 12.7. The molecular weight excluding hydrogens is 245 g/mol. The number of phenolic OH excluding ortho intramolecular Hbond substituents is 1. The first-order valence-electron chi connectivity index (χ1n) is 5.61. The fourth-order valence-electron chi connectivity index (χ4n) is 1.70. The van der Waals surface area contributed by atoms with Crippen LogP contribution >= 0.6 is 0 Å². The summed E-state index contributed by atoms with van der Waals surface area (Å²) >= 11 is 0. The summed E-state index contributed by atoms with van der Waals surface area (Å²) in [7, 11) is 0. The fraction of sp³-hybridized carbons (Fsp3) is 0.0714. The number of phenols is 1. The summed E-state index contributed by atoms with van der Waals surface area (Å²) < 4.78 is 13.0. The Hall–Kier alpha value is -2.74. The Morgan fingerprint density at radius 2 is 2.05 bits per heavy atom. The van der Waals surface area contributed by atoms with Gasteiger partial charge in [0.2, 0.25) is 0 Å². The van der Waals surface area contributed by atoms with Gasteiger partial charge < -0.3 is 16.2 Å². The summed E-state index contributed by atoms with van der Waals surface area (Å²) in [5, 5.41) is 21.5. The number of benzene rings is 2. The third-order valence-corrected chi connectivity index (χ3v) is 2.67. The van der Waals surface area contributed by atoms with Gasteiger partial charge in [0, 0.05) is 17.8 Å². The van der Waals surface area contributed by atoms with E-state index >= 15 is 0 Å². The third-order valence-electron chi connectivity index (χ3n) is 2.67. The van der Waals surface area contributed by atoms with Gasteiger partial charge in [-0.3, -0.25) is 0 Å². The van der Waals surface area contributed by atoms with Crippen molar-refractivity contribution in [3.63, 3.8) is 0 Å². The molecule has 0 amide bonds. The molecule has 4 N–H and O–H groups in total. The van der Waals surface area contributed by atoms with Crippen molar-refractivity contribution in [2.24, 2.45) is 0 Å². The molecule has 0 aliphatic rings. The zero-order valence-corrected chi connectivity index (χ0v) is 10.0. The van der Waals surface area contributed by atoms with Gasteiger partial charge in [-0.1, -0.05) is 0 Å². The molecule has 0 radical (unpaired) electrons. The number of rotatable bonds is 3. The molecule has 0 unspecified atom stereocenters. The number of hydrogen-bond donors (Lipinski definition) is 3. The Labute approximate surface area is 109 Å². The van der Waals surface area contributed by atoms with Gasteiger partial charge in [0.15, 0.2) is 0 Å². The Bertz CT molecular complexity index is 650. The van der Waals surface area contributed by atoms with Gasteiger partial charge in [0.25, 0.3) is 0 Å². The van der Waals surface area contributed by atoms with E-state index in [1.165, 1.54) is 18.2 Å². The van der Waals surface area contributed by atoms with Gasteiger partial charge in [-0.05, 0) is 36.4 Å². The van der Waals surface area contributed by atoms with Crippen molar-refractivity contribution >= 4 is 11.4 Å². The summed E-state index contributed by atoms with van der Waals surface area (Å²) in [6.45, 7) is 0.289.